The normalized spacial score (nSPS) is 10.3. The van der Waals surface area contributed by atoms with Gasteiger partial charge in [0.15, 0.2) is 0 Å². The van der Waals surface area contributed by atoms with Crippen LogP contribution in [0.2, 0.25) is 0 Å². The van der Waals surface area contributed by atoms with Gasteiger partial charge in [0.2, 0.25) is 11.7 Å². The minimum Gasteiger partial charge on any atom is -0.481 e. The summed E-state index contributed by atoms with van der Waals surface area (Å²) in [5.74, 6) is 0.191. The second-order valence-electron chi connectivity index (χ2n) is 3.71. The number of hydrogen-bond acceptors (Lipinski definition) is 5. The molecule has 0 aliphatic carbocycles. The van der Waals surface area contributed by atoms with Crippen molar-refractivity contribution in [3.05, 3.63) is 36.0 Å². The van der Waals surface area contributed by atoms with E-state index in [2.05, 4.69) is 15.1 Å². The zero-order valence-electron chi connectivity index (χ0n) is 10.3. The topological polar surface area (TPSA) is 69.9 Å². The molecule has 94 valence electrons. The summed E-state index contributed by atoms with van der Waals surface area (Å²) in [5.41, 5.74) is 0.831. The summed E-state index contributed by atoms with van der Waals surface area (Å²) in [7, 11) is 1.50. The van der Waals surface area contributed by atoms with Crippen molar-refractivity contribution in [2.75, 3.05) is 7.11 Å². The second-order valence-corrected chi connectivity index (χ2v) is 3.71. The van der Waals surface area contributed by atoms with E-state index in [9.17, 15) is 4.79 Å². The van der Waals surface area contributed by atoms with Crippen molar-refractivity contribution in [3.8, 4) is 5.88 Å². The number of methoxy groups -OCH3 is 1. The Morgan fingerprint density at radius 1 is 1.44 bits per heavy atom. The van der Waals surface area contributed by atoms with E-state index in [0.29, 0.717) is 23.8 Å². The average Bonchev–Trinajstić information content (AvgIpc) is 2.86. The zero-order valence-corrected chi connectivity index (χ0v) is 10.3. The van der Waals surface area contributed by atoms with Crippen molar-refractivity contribution in [1.82, 2.24) is 19.7 Å². The summed E-state index contributed by atoms with van der Waals surface area (Å²) in [6.45, 7) is 2.74. The molecular weight excluding hydrogens is 232 g/mol. The highest BCUT2D eigenvalue weighted by atomic mass is 16.5. The van der Waals surface area contributed by atoms with Crippen LogP contribution >= 0.6 is 0 Å². The standard InChI is InChI=1S/C12H14N4O2/c1-3-6-16-10(4-5-15-16)12(17)9-7-11(18-2)14-8-13-9/h4-5,7-8H,3,6H2,1-2H3. The van der Waals surface area contributed by atoms with Crippen LogP contribution in [0.3, 0.4) is 0 Å². The Balaban J connectivity index is 2.32. The molecule has 0 aliphatic heterocycles. The third kappa shape index (κ3) is 2.37. The van der Waals surface area contributed by atoms with E-state index in [1.807, 2.05) is 6.92 Å². The number of carbonyl (C=O) groups excluding carboxylic acids is 1. The zero-order chi connectivity index (χ0) is 13.0. The summed E-state index contributed by atoms with van der Waals surface area (Å²) in [5, 5.41) is 4.12. The number of aryl methyl sites for hydroxylation is 1. The van der Waals surface area contributed by atoms with Gasteiger partial charge in [-0.1, -0.05) is 6.92 Å². The minimum atomic E-state index is -0.179. The lowest BCUT2D eigenvalue weighted by Crippen LogP contribution is -2.13. The fourth-order valence-corrected chi connectivity index (χ4v) is 1.62. The highest BCUT2D eigenvalue weighted by molar-refractivity contribution is 6.06. The molecule has 6 heteroatoms. The summed E-state index contributed by atoms with van der Waals surface area (Å²) in [6, 6.07) is 3.21. The first-order valence-electron chi connectivity index (χ1n) is 5.68. The summed E-state index contributed by atoms with van der Waals surface area (Å²) >= 11 is 0. The number of ketones is 1. The summed E-state index contributed by atoms with van der Waals surface area (Å²) in [6.07, 6.45) is 3.84. The van der Waals surface area contributed by atoms with E-state index in [1.54, 1.807) is 16.9 Å². The third-order valence-electron chi connectivity index (χ3n) is 2.47. The molecule has 2 rings (SSSR count). The van der Waals surface area contributed by atoms with Crippen LogP contribution in [0.4, 0.5) is 0 Å². The van der Waals surface area contributed by atoms with Gasteiger partial charge in [-0.05, 0) is 12.5 Å². The molecule has 2 aromatic rings. The predicted octanol–water partition coefficient (Wildman–Crippen LogP) is 1.32. The lowest BCUT2D eigenvalue weighted by Gasteiger charge is -2.05. The summed E-state index contributed by atoms with van der Waals surface area (Å²) in [4.78, 5) is 20.1. The Kier molecular flexibility index (Phi) is 3.66. The Morgan fingerprint density at radius 2 is 2.28 bits per heavy atom. The number of hydrogen-bond donors (Lipinski definition) is 0. The largest absolute Gasteiger partial charge is 0.481 e. The molecule has 0 spiro atoms. The molecule has 0 aliphatic rings. The van der Waals surface area contributed by atoms with E-state index < -0.39 is 0 Å². The molecule has 0 aromatic carbocycles. The number of ether oxygens (including phenoxy) is 1. The number of rotatable bonds is 5. The number of nitrogens with zero attached hydrogens (tertiary/aromatic N) is 4. The maximum Gasteiger partial charge on any atom is 0.229 e. The lowest BCUT2D eigenvalue weighted by atomic mass is 10.2. The molecule has 0 unspecified atom stereocenters. The van der Waals surface area contributed by atoms with Gasteiger partial charge < -0.3 is 4.74 Å². The van der Waals surface area contributed by atoms with Crippen LogP contribution in [0.5, 0.6) is 5.88 Å². The Morgan fingerprint density at radius 3 is 3.00 bits per heavy atom. The first-order chi connectivity index (χ1) is 8.76. The monoisotopic (exact) mass is 246 g/mol. The SMILES string of the molecule is CCCn1nccc1C(=O)c1cc(OC)ncn1. The van der Waals surface area contributed by atoms with Gasteiger partial charge in [0.05, 0.1) is 7.11 Å². The molecule has 0 amide bonds. The lowest BCUT2D eigenvalue weighted by molar-refractivity contribution is 0.102. The molecule has 0 saturated heterocycles. The summed E-state index contributed by atoms with van der Waals surface area (Å²) < 4.78 is 6.65. The maximum atomic E-state index is 12.3. The quantitative estimate of drug-likeness (QED) is 0.744. The van der Waals surface area contributed by atoms with Crippen LogP contribution in [0.25, 0.3) is 0 Å². The predicted molar refractivity (Wildman–Crippen MR) is 64.5 cm³/mol. The molecule has 0 bridgehead atoms. The fraction of sp³-hybridized carbons (Fsp3) is 0.333. The Bertz CT molecular complexity index is 551. The van der Waals surface area contributed by atoms with Gasteiger partial charge in [-0.3, -0.25) is 9.48 Å². The highest BCUT2D eigenvalue weighted by Gasteiger charge is 2.16. The van der Waals surface area contributed by atoms with E-state index in [0.717, 1.165) is 6.42 Å². The molecule has 0 saturated carbocycles. The van der Waals surface area contributed by atoms with Gasteiger partial charge in [0, 0.05) is 18.8 Å². The smallest absolute Gasteiger partial charge is 0.229 e. The molecule has 18 heavy (non-hydrogen) atoms. The van der Waals surface area contributed by atoms with Crippen molar-refractivity contribution in [2.45, 2.75) is 19.9 Å². The Labute approximate surface area is 105 Å². The number of aromatic nitrogens is 4. The molecule has 0 fully saturated rings. The molecule has 0 radical (unpaired) electrons. The van der Waals surface area contributed by atoms with E-state index in [-0.39, 0.29) is 5.78 Å². The van der Waals surface area contributed by atoms with Crippen LogP contribution in [-0.4, -0.2) is 32.6 Å². The number of carbonyl (C=O) groups is 1. The van der Waals surface area contributed by atoms with Gasteiger partial charge in [-0.15, -0.1) is 0 Å². The van der Waals surface area contributed by atoms with Crippen LogP contribution in [0.1, 0.15) is 29.5 Å². The van der Waals surface area contributed by atoms with Crippen molar-refractivity contribution < 1.29 is 9.53 Å². The van der Waals surface area contributed by atoms with E-state index >= 15 is 0 Å². The van der Waals surface area contributed by atoms with Crippen LogP contribution in [0, 0.1) is 0 Å². The van der Waals surface area contributed by atoms with Crippen molar-refractivity contribution in [1.29, 1.82) is 0 Å². The van der Waals surface area contributed by atoms with Crippen molar-refractivity contribution in [2.24, 2.45) is 0 Å². The first-order valence-corrected chi connectivity index (χ1v) is 5.68. The molecular formula is C12H14N4O2. The first kappa shape index (κ1) is 12.2. The van der Waals surface area contributed by atoms with E-state index in [1.165, 1.54) is 19.5 Å². The van der Waals surface area contributed by atoms with Crippen LogP contribution < -0.4 is 4.74 Å². The molecule has 0 atom stereocenters. The molecule has 0 N–H and O–H groups in total. The van der Waals surface area contributed by atoms with E-state index in [4.69, 9.17) is 4.74 Å². The van der Waals surface area contributed by atoms with Crippen LogP contribution in [0.15, 0.2) is 24.7 Å². The third-order valence-corrected chi connectivity index (χ3v) is 2.47. The average molecular weight is 246 g/mol. The van der Waals surface area contributed by atoms with Gasteiger partial charge in [0.25, 0.3) is 0 Å². The van der Waals surface area contributed by atoms with Gasteiger partial charge in [0.1, 0.15) is 17.7 Å². The van der Waals surface area contributed by atoms with Gasteiger partial charge in [-0.25, -0.2) is 9.97 Å². The molecule has 6 nitrogen and oxygen atoms in total. The van der Waals surface area contributed by atoms with Crippen molar-refractivity contribution >= 4 is 5.78 Å². The van der Waals surface area contributed by atoms with Gasteiger partial charge >= 0.3 is 0 Å². The molecule has 2 heterocycles. The maximum absolute atomic E-state index is 12.3. The highest BCUT2D eigenvalue weighted by Crippen LogP contribution is 2.11. The fourth-order valence-electron chi connectivity index (χ4n) is 1.62. The minimum absolute atomic E-state index is 0.179. The van der Waals surface area contributed by atoms with Gasteiger partial charge in [-0.2, -0.15) is 5.10 Å². The van der Waals surface area contributed by atoms with Crippen molar-refractivity contribution in [3.63, 3.8) is 0 Å². The Hall–Kier alpha value is -2.24. The second kappa shape index (κ2) is 5.39. The van der Waals surface area contributed by atoms with Crippen LogP contribution in [-0.2, 0) is 6.54 Å². The molecule has 2 aromatic heterocycles.